The van der Waals surface area contributed by atoms with Gasteiger partial charge < -0.3 is 10.1 Å². The van der Waals surface area contributed by atoms with E-state index in [0.29, 0.717) is 12.1 Å². The molecule has 0 spiro atoms. The smallest absolute Gasteiger partial charge is 0.0659 e. The van der Waals surface area contributed by atoms with Gasteiger partial charge in [-0.3, -0.25) is 0 Å². The molecule has 0 aromatic rings. The van der Waals surface area contributed by atoms with Crippen LogP contribution in [0.4, 0.5) is 0 Å². The van der Waals surface area contributed by atoms with Crippen molar-refractivity contribution in [2.75, 3.05) is 13.2 Å². The molecule has 0 saturated heterocycles. The highest BCUT2D eigenvalue weighted by molar-refractivity contribution is 5.01. The molecule has 1 unspecified atom stereocenters. The van der Waals surface area contributed by atoms with E-state index >= 15 is 0 Å². The SMILES string of the molecule is CCCNC(C=C(C)C)COC(C)C. The molecule has 0 heterocycles. The normalized spacial score (nSPS) is 13.0. The Bertz CT molecular complexity index is 160. The van der Waals surface area contributed by atoms with Gasteiger partial charge >= 0.3 is 0 Å². The van der Waals surface area contributed by atoms with Gasteiger partial charge in [0, 0.05) is 6.04 Å². The predicted octanol–water partition coefficient (Wildman–Crippen LogP) is 2.75. The van der Waals surface area contributed by atoms with E-state index in [1.165, 1.54) is 5.57 Å². The molecule has 0 aromatic carbocycles. The first-order valence-corrected chi connectivity index (χ1v) is 5.56. The van der Waals surface area contributed by atoms with Gasteiger partial charge in [0.15, 0.2) is 0 Å². The average Bonchev–Trinajstić information content (AvgIpc) is 2.09. The second-order valence-electron chi connectivity index (χ2n) is 4.19. The third-order valence-corrected chi connectivity index (χ3v) is 1.80. The zero-order valence-corrected chi connectivity index (χ0v) is 10.3. The van der Waals surface area contributed by atoms with Gasteiger partial charge in [0.25, 0.3) is 0 Å². The van der Waals surface area contributed by atoms with Crippen LogP contribution in [-0.4, -0.2) is 25.3 Å². The maximum absolute atomic E-state index is 5.59. The number of rotatable bonds is 7. The largest absolute Gasteiger partial charge is 0.377 e. The van der Waals surface area contributed by atoms with E-state index in [-0.39, 0.29) is 0 Å². The first-order chi connectivity index (χ1) is 6.56. The minimum atomic E-state index is 0.312. The molecule has 2 nitrogen and oxygen atoms in total. The molecule has 1 atom stereocenters. The summed E-state index contributed by atoms with van der Waals surface area (Å²) in [6.07, 6.45) is 3.71. The number of hydrogen-bond acceptors (Lipinski definition) is 2. The highest BCUT2D eigenvalue weighted by Crippen LogP contribution is 1.98. The maximum Gasteiger partial charge on any atom is 0.0659 e. The third kappa shape index (κ3) is 8.27. The summed E-state index contributed by atoms with van der Waals surface area (Å²) >= 11 is 0. The molecule has 0 aliphatic rings. The summed E-state index contributed by atoms with van der Waals surface area (Å²) in [5, 5.41) is 3.45. The third-order valence-electron chi connectivity index (χ3n) is 1.80. The highest BCUT2D eigenvalue weighted by Gasteiger charge is 2.05. The fourth-order valence-corrected chi connectivity index (χ4v) is 1.19. The van der Waals surface area contributed by atoms with Crippen LogP contribution >= 0.6 is 0 Å². The molecule has 0 amide bonds. The average molecular weight is 199 g/mol. The Morgan fingerprint density at radius 1 is 1.36 bits per heavy atom. The van der Waals surface area contributed by atoms with Crippen molar-refractivity contribution in [2.45, 2.75) is 53.2 Å². The van der Waals surface area contributed by atoms with Crippen LogP contribution in [0.3, 0.4) is 0 Å². The van der Waals surface area contributed by atoms with Crippen LogP contribution in [0.2, 0.25) is 0 Å². The molecule has 0 aromatic heterocycles. The Hall–Kier alpha value is -0.340. The van der Waals surface area contributed by atoms with E-state index in [9.17, 15) is 0 Å². The molecule has 0 bridgehead atoms. The van der Waals surface area contributed by atoms with Crippen LogP contribution in [-0.2, 0) is 4.74 Å². The molecule has 84 valence electrons. The molecule has 2 heteroatoms. The monoisotopic (exact) mass is 199 g/mol. The van der Waals surface area contributed by atoms with Gasteiger partial charge in [-0.15, -0.1) is 0 Å². The van der Waals surface area contributed by atoms with Crippen LogP contribution in [0.1, 0.15) is 41.0 Å². The summed E-state index contributed by atoms with van der Waals surface area (Å²) in [6.45, 7) is 12.4. The molecule has 0 aliphatic heterocycles. The van der Waals surface area contributed by atoms with Crippen molar-refractivity contribution >= 4 is 0 Å². The molecule has 0 fully saturated rings. The Kier molecular flexibility index (Phi) is 7.81. The van der Waals surface area contributed by atoms with Gasteiger partial charge in [0.05, 0.1) is 12.7 Å². The first kappa shape index (κ1) is 13.7. The van der Waals surface area contributed by atoms with E-state index in [1.807, 2.05) is 0 Å². The molecule has 0 rings (SSSR count). The summed E-state index contributed by atoms with van der Waals surface area (Å²) in [5.41, 5.74) is 1.34. The Balaban J connectivity index is 3.91. The quantitative estimate of drug-likeness (QED) is 0.637. The van der Waals surface area contributed by atoms with Crippen LogP contribution in [0, 0.1) is 0 Å². The van der Waals surface area contributed by atoms with E-state index < -0.39 is 0 Å². The lowest BCUT2D eigenvalue weighted by Gasteiger charge is -2.17. The second kappa shape index (κ2) is 8.01. The van der Waals surface area contributed by atoms with Crippen molar-refractivity contribution in [1.29, 1.82) is 0 Å². The summed E-state index contributed by atoms with van der Waals surface area (Å²) in [5.74, 6) is 0. The molecule has 0 saturated carbocycles. The molecular formula is C12H25NO. The van der Waals surface area contributed by atoms with E-state index in [2.05, 4.69) is 46.0 Å². The van der Waals surface area contributed by atoms with Crippen LogP contribution < -0.4 is 5.32 Å². The van der Waals surface area contributed by atoms with Gasteiger partial charge in [-0.25, -0.2) is 0 Å². The van der Waals surface area contributed by atoms with E-state index in [1.54, 1.807) is 0 Å². The zero-order valence-electron chi connectivity index (χ0n) is 10.3. The van der Waals surface area contributed by atoms with Crippen molar-refractivity contribution in [3.05, 3.63) is 11.6 Å². The highest BCUT2D eigenvalue weighted by atomic mass is 16.5. The van der Waals surface area contributed by atoms with Crippen molar-refractivity contribution in [1.82, 2.24) is 5.32 Å². The molecule has 14 heavy (non-hydrogen) atoms. The minimum absolute atomic E-state index is 0.312. The summed E-state index contributed by atoms with van der Waals surface area (Å²) in [4.78, 5) is 0. The van der Waals surface area contributed by atoms with Crippen molar-refractivity contribution < 1.29 is 4.74 Å². The van der Waals surface area contributed by atoms with Crippen molar-refractivity contribution in [2.24, 2.45) is 0 Å². The fourth-order valence-electron chi connectivity index (χ4n) is 1.19. The summed E-state index contributed by atoms with van der Waals surface area (Å²) in [7, 11) is 0. The maximum atomic E-state index is 5.59. The van der Waals surface area contributed by atoms with Crippen molar-refractivity contribution in [3.8, 4) is 0 Å². The summed E-state index contributed by atoms with van der Waals surface area (Å²) in [6, 6.07) is 0.363. The zero-order chi connectivity index (χ0) is 11.0. The fraction of sp³-hybridized carbons (Fsp3) is 0.833. The first-order valence-electron chi connectivity index (χ1n) is 5.56. The lowest BCUT2D eigenvalue weighted by Crippen LogP contribution is -2.33. The summed E-state index contributed by atoms with van der Waals surface area (Å²) < 4.78 is 5.59. The van der Waals surface area contributed by atoms with Gasteiger partial charge in [-0.1, -0.05) is 18.6 Å². The second-order valence-corrected chi connectivity index (χ2v) is 4.19. The lowest BCUT2D eigenvalue weighted by atomic mass is 10.2. The Labute approximate surface area is 88.7 Å². The number of hydrogen-bond donors (Lipinski definition) is 1. The van der Waals surface area contributed by atoms with Gasteiger partial charge in [-0.05, 0) is 40.7 Å². The number of allylic oxidation sites excluding steroid dienone is 1. The lowest BCUT2D eigenvalue weighted by molar-refractivity contribution is 0.0693. The van der Waals surface area contributed by atoms with E-state index in [0.717, 1.165) is 19.6 Å². The molecule has 0 aliphatic carbocycles. The van der Waals surface area contributed by atoms with Gasteiger partial charge in [-0.2, -0.15) is 0 Å². The van der Waals surface area contributed by atoms with Gasteiger partial charge in [0.2, 0.25) is 0 Å². The predicted molar refractivity (Wildman–Crippen MR) is 62.6 cm³/mol. The number of ether oxygens (including phenoxy) is 1. The van der Waals surface area contributed by atoms with Gasteiger partial charge in [0.1, 0.15) is 0 Å². The molecule has 0 radical (unpaired) electrons. The topological polar surface area (TPSA) is 21.3 Å². The Morgan fingerprint density at radius 3 is 2.43 bits per heavy atom. The Morgan fingerprint density at radius 2 is 2.00 bits per heavy atom. The molecule has 1 N–H and O–H groups in total. The van der Waals surface area contributed by atoms with E-state index in [4.69, 9.17) is 4.74 Å². The van der Waals surface area contributed by atoms with Crippen LogP contribution in [0.5, 0.6) is 0 Å². The standard InChI is InChI=1S/C12H25NO/c1-6-7-13-12(8-10(2)3)9-14-11(4)5/h8,11-13H,6-7,9H2,1-5H3. The van der Waals surface area contributed by atoms with Crippen LogP contribution in [0.25, 0.3) is 0 Å². The molecular weight excluding hydrogens is 174 g/mol. The van der Waals surface area contributed by atoms with Crippen molar-refractivity contribution in [3.63, 3.8) is 0 Å². The van der Waals surface area contributed by atoms with Crippen LogP contribution in [0.15, 0.2) is 11.6 Å². The minimum Gasteiger partial charge on any atom is -0.377 e. The number of nitrogens with one attached hydrogen (secondary N) is 1.